The van der Waals surface area contributed by atoms with Gasteiger partial charge in [0.25, 0.3) is 0 Å². The van der Waals surface area contributed by atoms with Gasteiger partial charge in [0.05, 0.1) is 0 Å². The highest BCUT2D eigenvalue weighted by atomic mass is 15.3. The van der Waals surface area contributed by atoms with Crippen molar-refractivity contribution >= 4 is 0 Å². The number of hydrogen-bond donors (Lipinski definition) is 1. The first kappa shape index (κ1) is 14.0. The fourth-order valence-corrected chi connectivity index (χ4v) is 3.34. The molecule has 0 aromatic rings. The fourth-order valence-electron chi connectivity index (χ4n) is 3.34. The van der Waals surface area contributed by atoms with E-state index in [1.54, 1.807) is 0 Å². The van der Waals surface area contributed by atoms with E-state index in [0.717, 1.165) is 19.1 Å². The van der Waals surface area contributed by atoms with Crippen LogP contribution in [0.5, 0.6) is 0 Å². The molecule has 0 spiro atoms. The molecule has 1 atom stereocenters. The van der Waals surface area contributed by atoms with E-state index in [4.69, 9.17) is 0 Å². The van der Waals surface area contributed by atoms with Crippen LogP contribution in [-0.2, 0) is 0 Å². The maximum absolute atomic E-state index is 3.74. The molecule has 1 unspecified atom stereocenters. The molecule has 0 radical (unpaired) electrons. The van der Waals surface area contributed by atoms with Crippen LogP contribution in [0.25, 0.3) is 0 Å². The topological polar surface area (TPSA) is 18.5 Å². The lowest BCUT2D eigenvalue weighted by Crippen LogP contribution is -2.53. The minimum absolute atomic E-state index is 0.649. The van der Waals surface area contributed by atoms with Crippen molar-refractivity contribution in [2.75, 3.05) is 39.3 Å². The lowest BCUT2D eigenvalue weighted by atomic mass is 10.1. The normalized spacial score (nSPS) is 25.4. The Hall–Kier alpha value is -0.380. The smallest absolute Gasteiger partial charge is 0.0193 e. The van der Waals surface area contributed by atoms with Gasteiger partial charge in [-0.15, -0.1) is 6.58 Å². The summed E-state index contributed by atoms with van der Waals surface area (Å²) >= 11 is 0. The summed E-state index contributed by atoms with van der Waals surface area (Å²) in [6, 6.07) is 1.55. The summed E-state index contributed by atoms with van der Waals surface area (Å²) in [4.78, 5) is 5.36. The monoisotopic (exact) mass is 251 g/mol. The van der Waals surface area contributed by atoms with Gasteiger partial charge in [0.1, 0.15) is 0 Å². The molecule has 0 aromatic carbocycles. The van der Waals surface area contributed by atoms with Gasteiger partial charge in [-0.25, -0.2) is 0 Å². The van der Waals surface area contributed by atoms with Gasteiger partial charge in [-0.2, -0.15) is 0 Å². The molecule has 3 nitrogen and oxygen atoms in total. The van der Waals surface area contributed by atoms with E-state index in [9.17, 15) is 0 Å². The lowest BCUT2D eigenvalue weighted by molar-refractivity contribution is 0.0752. The number of nitrogens with zero attached hydrogens (tertiary/aromatic N) is 2. The zero-order valence-electron chi connectivity index (χ0n) is 11.9. The quantitative estimate of drug-likeness (QED) is 0.573. The van der Waals surface area contributed by atoms with Crippen molar-refractivity contribution in [3.8, 4) is 0 Å². The molecule has 0 amide bonds. The van der Waals surface area contributed by atoms with Crippen molar-refractivity contribution in [3.63, 3.8) is 0 Å². The first-order chi connectivity index (χ1) is 8.81. The molecule has 2 rings (SSSR count). The predicted octanol–water partition coefficient (Wildman–Crippen LogP) is 1.71. The molecule has 0 bridgehead atoms. The van der Waals surface area contributed by atoms with Crippen LogP contribution in [0.2, 0.25) is 0 Å². The van der Waals surface area contributed by atoms with Gasteiger partial charge in [-0.3, -0.25) is 9.80 Å². The van der Waals surface area contributed by atoms with Crippen LogP contribution >= 0.6 is 0 Å². The Morgan fingerprint density at radius 1 is 1.22 bits per heavy atom. The Morgan fingerprint density at radius 2 is 1.89 bits per heavy atom. The molecule has 1 aliphatic heterocycles. The van der Waals surface area contributed by atoms with E-state index in [1.807, 2.05) is 6.08 Å². The van der Waals surface area contributed by atoms with Crippen molar-refractivity contribution in [2.24, 2.45) is 0 Å². The Kier molecular flexibility index (Phi) is 5.67. The molecule has 1 N–H and O–H groups in total. The summed E-state index contributed by atoms with van der Waals surface area (Å²) < 4.78 is 0. The van der Waals surface area contributed by atoms with Crippen molar-refractivity contribution < 1.29 is 0 Å². The molecule has 2 aliphatic rings. The summed E-state index contributed by atoms with van der Waals surface area (Å²) in [7, 11) is 0. The Morgan fingerprint density at radius 3 is 2.50 bits per heavy atom. The standard InChI is InChI=1S/C15H29N3/c1-3-8-16-13-14(2)17-9-11-18(12-10-17)15-6-4-5-7-15/h3,14-16H,1,4-13H2,2H3. The zero-order valence-corrected chi connectivity index (χ0v) is 11.9. The Labute approximate surface area is 112 Å². The molecular formula is C15H29N3. The maximum atomic E-state index is 3.74. The number of rotatable bonds is 6. The molecule has 104 valence electrons. The van der Waals surface area contributed by atoms with E-state index < -0.39 is 0 Å². The summed E-state index contributed by atoms with van der Waals surface area (Å²) in [5.41, 5.74) is 0. The van der Waals surface area contributed by atoms with Crippen molar-refractivity contribution in [1.82, 2.24) is 15.1 Å². The molecular weight excluding hydrogens is 222 g/mol. The molecule has 1 saturated heterocycles. The number of nitrogens with one attached hydrogen (secondary N) is 1. The number of piperazine rings is 1. The van der Waals surface area contributed by atoms with Gasteiger partial charge in [0, 0.05) is 51.4 Å². The van der Waals surface area contributed by atoms with Crippen molar-refractivity contribution in [2.45, 2.75) is 44.7 Å². The average Bonchev–Trinajstić information content (AvgIpc) is 2.93. The third-order valence-corrected chi connectivity index (χ3v) is 4.54. The first-order valence-corrected chi connectivity index (χ1v) is 7.61. The summed E-state index contributed by atoms with van der Waals surface area (Å²) in [5, 5.41) is 3.43. The molecule has 18 heavy (non-hydrogen) atoms. The van der Waals surface area contributed by atoms with E-state index in [0.29, 0.717) is 6.04 Å². The van der Waals surface area contributed by atoms with Crippen LogP contribution in [-0.4, -0.2) is 61.2 Å². The SMILES string of the molecule is C=CCNCC(C)N1CCN(C2CCCC2)CC1. The van der Waals surface area contributed by atoms with Gasteiger partial charge < -0.3 is 5.32 Å². The van der Waals surface area contributed by atoms with Crippen LogP contribution in [0.3, 0.4) is 0 Å². The van der Waals surface area contributed by atoms with Crippen LogP contribution in [0.4, 0.5) is 0 Å². The first-order valence-electron chi connectivity index (χ1n) is 7.61. The molecule has 3 heteroatoms. The molecule has 1 heterocycles. The average molecular weight is 251 g/mol. The van der Waals surface area contributed by atoms with Crippen LogP contribution in [0.15, 0.2) is 12.7 Å². The second-order valence-electron chi connectivity index (χ2n) is 5.81. The molecule has 1 saturated carbocycles. The minimum atomic E-state index is 0.649. The molecule has 1 aliphatic carbocycles. The summed E-state index contributed by atoms with van der Waals surface area (Å²) in [6.07, 6.45) is 7.72. The maximum Gasteiger partial charge on any atom is 0.0193 e. The van der Waals surface area contributed by atoms with Crippen molar-refractivity contribution in [1.29, 1.82) is 0 Å². The van der Waals surface area contributed by atoms with Gasteiger partial charge in [0.15, 0.2) is 0 Å². The summed E-state index contributed by atoms with van der Waals surface area (Å²) in [6.45, 7) is 13.1. The highest BCUT2D eigenvalue weighted by molar-refractivity contribution is 4.84. The summed E-state index contributed by atoms with van der Waals surface area (Å²) in [5.74, 6) is 0. The third-order valence-electron chi connectivity index (χ3n) is 4.54. The van der Waals surface area contributed by atoms with E-state index in [2.05, 4.69) is 28.6 Å². The van der Waals surface area contributed by atoms with Crippen LogP contribution < -0.4 is 5.32 Å². The number of hydrogen-bond acceptors (Lipinski definition) is 3. The Bertz CT molecular complexity index is 240. The predicted molar refractivity (Wildman–Crippen MR) is 77.9 cm³/mol. The molecule has 0 aromatic heterocycles. The van der Waals surface area contributed by atoms with Gasteiger partial charge in [-0.05, 0) is 19.8 Å². The second-order valence-corrected chi connectivity index (χ2v) is 5.81. The van der Waals surface area contributed by atoms with E-state index in [1.165, 1.54) is 51.9 Å². The minimum Gasteiger partial charge on any atom is -0.312 e. The molecule has 2 fully saturated rings. The zero-order chi connectivity index (χ0) is 12.8. The third kappa shape index (κ3) is 3.81. The van der Waals surface area contributed by atoms with Gasteiger partial charge >= 0.3 is 0 Å². The fraction of sp³-hybridized carbons (Fsp3) is 0.867. The van der Waals surface area contributed by atoms with E-state index in [-0.39, 0.29) is 0 Å². The van der Waals surface area contributed by atoms with Crippen molar-refractivity contribution in [3.05, 3.63) is 12.7 Å². The van der Waals surface area contributed by atoms with Gasteiger partial charge in [0.2, 0.25) is 0 Å². The second kappa shape index (κ2) is 7.27. The largest absolute Gasteiger partial charge is 0.312 e. The lowest BCUT2D eigenvalue weighted by Gasteiger charge is -2.40. The highest BCUT2D eigenvalue weighted by Gasteiger charge is 2.27. The van der Waals surface area contributed by atoms with Gasteiger partial charge in [-0.1, -0.05) is 18.9 Å². The van der Waals surface area contributed by atoms with Crippen LogP contribution in [0, 0.1) is 0 Å². The van der Waals surface area contributed by atoms with E-state index >= 15 is 0 Å². The van der Waals surface area contributed by atoms with Crippen LogP contribution in [0.1, 0.15) is 32.6 Å². The Balaban J connectivity index is 1.67. The highest BCUT2D eigenvalue weighted by Crippen LogP contribution is 2.24.